The lowest BCUT2D eigenvalue weighted by atomic mass is 10.0. The van der Waals surface area contributed by atoms with Gasteiger partial charge in [0, 0.05) is 12.6 Å². The van der Waals surface area contributed by atoms with Crippen LogP contribution in [0.15, 0.2) is 30.3 Å². The summed E-state index contributed by atoms with van der Waals surface area (Å²) >= 11 is 0. The van der Waals surface area contributed by atoms with Gasteiger partial charge in [-0.2, -0.15) is 0 Å². The monoisotopic (exact) mass is 276 g/mol. The molecule has 108 valence electrons. The van der Waals surface area contributed by atoms with Crippen molar-refractivity contribution in [3.05, 3.63) is 35.9 Å². The van der Waals surface area contributed by atoms with E-state index in [2.05, 4.69) is 10.6 Å². The summed E-state index contributed by atoms with van der Waals surface area (Å²) in [5, 5.41) is 4.84. The van der Waals surface area contributed by atoms with Gasteiger partial charge in [-0.3, -0.25) is 10.1 Å². The number of benzene rings is 1. The molecule has 1 fully saturated rings. The Morgan fingerprint density at radius 3 is 2.35 bits per heavy atom. The summed E-state index contributed by atoms with van der Waals surface area (Å²) in [6.45, 7) is 1.95. The zero-order valence-corrected chi connectivity index (χ0v) is 11.8. The highest BCUT2D eigenvalue weighted by Gasteiger charge is 2.33. The van der Waals surface area contributed by atoms with E-state index in [4.69, 9.17) is 0 Å². The Labute approximate surface area is 119 Å². The molecule has 0 spiro atoms. The molecule has 0 aromatic heterocycles. The molecule has 5 heteroatoms. The van der Waals surface area contributed by atoms with E-state index >= 15 is 0 Å². The minimum atomic E-state index is -0.452. The maximum atomic E-state index is 12.4. The lowest BCUT2D eigenvalue weighted by Gasteiger charge is -2.30. The van der Waals surface area contributed by atoms with E-state index in [0.717, 1.165) is 31.5 Å². The Hall–Kier alpha value is -1.88. The fraction of sp³-hybridized carbons (Fsp3) is 0.467. The van der Waals surface area contributed by atoms with Crippen LogP contribution in [0, 0.1) is 0 Å². The molecular formula is C15H22N3O2+. The Kier molecular flexibility index (Phi) is 5.12. The molecule has 2 rings (SSSR count). The Morgan fingerprint density at radius 1 is 1.10 bits per heavy atom. The standard InChI is InChI=1S/C15H21N3O2/c1-16-15(20)17-14(19)13(12-8-4-2-5-9-12)18-10-6-3-7-11-18/h2,4-5,8-9,13H,3,6-7,10-11H2,1H3,(H2,16,17,19,20)/p+1/t13-/m0/s1. The summed E-state index contributed by atoms with van der Waals surface area (Å²) in [6, 6.07) is 8.94. The van der Waals surface area contributed by atoms with Crippen LogP contribution in [-0.2, 0) is 4.79 Å². The molecule has 1 aromatic rings. The van der Waals surface area contributed by atoms with Crippen LogP contribution >= 0.6 is 0 Å². The van der Waals surface area contributed by atoms with E-state index in [-0.39, 0.29) is 11.9 Å². The Morgan fingerprint density at radius 2 is 1.75 bits per heavy atom. The van der Waals surface area contributed by atoms with Gasteiger partial charge in [0.1, 0.15) is 0 Å². The van der Waals surface area contributed by atoms with Crippen molar-refractivity contribution in [2.45, 2.75) is 25.3 Å². The van der Waals surface area contributed by atoms with Crippen LogP contribution in [-0.4, -0.2) is 32.1 Å². The number of imide groups is 1. The van der Waals surface area contributed by atoms with Gasteiger partial charge >= 0.3 is 6.03 Å². The summed E-state index contributed by atoms with van der Waals surface area (Å²) < 4.78 is 0. The maximum Gasteiger partial charge on any atom is 0.321 e. The number of nitrogens with one attached hydrogen (secondary N) is 3. The Balaban J connectivity index is 2.19. The summed E-state index contributed by atoms with van der Waals surface area (Å²) in [6.07, 6.45) is 3.49. The van der Waals surface area contributed by atoms with Crippen LogP contribution in [0.2, 0.25) is 0 Å². The van der Waals surface area contributed by atoms with Gasteiger partial charge in [-0.1, -0.05) is 30.3 Å². The molecule has 0 radical (unpaired) electrons. The predicted molar refractivity (Wildman–Crippen MR) is 76.3 cm³/mol. The molecule has 1 aliphatic rings. The van der Waals surface area contributed by atoms with Gasteiger partial charge in [-0.25, -0.2) is 4.79 Å². The average Bonchev–Trinajstić information content (AvgIpc) is 2.49. The normalized spacial score (nSPS) is 17.2. The van der Waals surface area contributed by atoms with Crippen molar-refractivity contribution in [3.63, 3.8) is 0 Å². The van der Waals surface area contributed by atoms with Gasteiger partial charge in [-0.15, -0.1) is 0 Å². The second-order valence-electron chi connectivity index (χ2n) is 5.13. The summed E-state index contributed by atoms with van der Waals surface area (Å²) in [7, 11) is 1.51. The fourth-order valence-corrected chi connectivity index (χ4v) is 2.76. The number of hydrogen-bond donors (Lipinski definition) is 3. The van der Waals surface area contributed by atoms with Crippen molar-refractivity contribution in [3.8, 4) is 0 Å². The van der Waals surface area contributed by atoms with Crippen molar-refractivity contribution in [1.82, 2.24) is 10.6 Å². The second kappa shape index (κ2) is 7.05. The summed E-state index contributed by atoms with van der Waals surface area (Å²) in [5.41, 5.74) is 0.964. The number of likely N-dealkylation sites (tertiary alicyclic amines) is 1. The van der Waals surface area contributed by atoms with Crippen LogP contribution < -0.4 is 15.5 Å². The maximum absolute atomic E-state index is 12.4. The number of carbonyl (C=O) groups excluding carboxylic acids is 2. The first-order chi connectivity index (χ1) is 9.72. The van der Waals surface area contributed by atoms with Gasteiger partial charge in [-0.05, 0) is 19.3 Å². The van der Waals surface area contributed by atoms with Crippen LogP contribution in [0.1, 0.15) is 30.9 Å². The Bertz CT molecular complexity index is 455. The minimum Gasteiger partial charge on any atom is -0.341 e. The minimum absolute atomic E-state index is 0.229. The van der Waals surface area contributed by atoms with Gasteiger partial charge in [0.05, 0.1) is 13.1 Å². The molecule has 0 unspecified atom stereocenters. The van der Waals surface area contributed by atoms with E-state index in [1.807, 2.05) is 30.3 Å². The molecule has 1 aliphatic heterocycles. The zero-order chi connectivity index (χ0) is 14.4. The van der Waals surface area contributed by atoms with E-state index in [1.165, 1.54) is 18.4 Å². The highest BCUT2D eigenvalue weighted by atomic mass is 16.2. The first-order valence-corrected chi connectivity index (χ1v) is 7.14. The molecule has 0 saturated carbocycles. The van der Waals surface area contributed by atoms with Gasteiger partial charge in [0.15, 0.2) is 6.04 Å². The van der Waals surface area contributed by atoms with Crippen molar-refractivity contribution in [1.29, 1.82) is 0 Å². The largest absolute Gasteiger partial charge is 0.341 e. The quantitative estimate of drug-likeness (QED) is 0.741. The van der Waals surface area contributed by atoms with E-state index in [1.54, 1.807) is 0 Å². The molecule has 1 atom stereocenters. The molecule has 1 heterocycles. The van der Waals surface area contributed by atoms with Crippen LogP contribution in [0.25, 0.3) is 0 Å². The average molecular weight is 276 g/mol. The predicted octanol–water partition coefficient (Wildman–Crippen LogP) is 0.252. The number of rotatable bonds is 3. The lowest BCUT2D eigenvalue weighted by Crippen LogP contribution is -3.14. The third-order valence-electron chi connectivity index (χ3n) is 3.76. The van der Waals surface area contributed by atoms with E-state index in [0.29, 0.717) is 0 Å². The van der Waals surface area contributed by atoms with Crippen molar-refractivity contribution in [2.75, 3.05) is 20.1 Å². The molecule has 0 bridgehead atoms. The molecule has 1 aromatic carbocycles. The molecule has 0 aliphatic carbocycles. The molecular weight excluding hydrogens is 254 g/mol. The summed E-state index contributed by atoms with van der Waals surface area (Å²) in [5.74, 6) is -0.229. The van der Waals surface area contributed by atoms with Gasteiger partial charge in [0.25, 0.3) is 5.91 Å². The smallest absolute Gasteiger partial charge is 0.321 e. The number of urea groups is 1. The topological polar surface area (TPSA) is 62.6 Å². The van der Waals surface area contributed by atoms with Crippen LogP contribution in [0.5, 0.6) is 0 Å². The third-order valence-corrected chi connectivity index (χ3v) is 3.76. The van der Waals surface area contributed by atoms with E-state index in [9.17, 15) is 9.59 Å². The van der Waals surface area contributed by atoms with Gasteiger partial charge < -0.3 is 10.2 Å². The molecule has 1 saturated heterocycles. The van der Waals surface area contributed by atoms with Crippen molar-refractivity contribution in [2.24, 2.45) is 0 Å². The van der Waals surface area contributed by atoms with Crippen LogP contribution in [0.3, 0.4) is 0 Å². The molecule has 3 N–H and O–H groups in total. The number of carbonyl (C=O) groups is 2. The SMILES string of the molecule is CNC(=O)NC(=O)[C@H](c1ccccc1)[NH+]1CCCCC1. The molecule has 3 amide bonds. The first-order valence-electron chi connectivity index (χ1n) is 7.14. The zero-order valence-electron chi connectivity index (χ0n) is 11.8. The lowest BCUT2D eigenvalue weighted by molar-refractivity contribution is -0.926. The van der Waals surface area contributed by atoms with Crippen molar-refractivity contribution >= 4 is 11.9 Å². The highest BCUT2D eigenvalue weighted by molar-refractivity contribution is 5.96. The third kappa shape index (κ3) is 3.57. The molecule has 5 nitrogen and oxygen atoms in total. The molecule has 20 heavy (non-hydrogen) atoms. The first kappa shape index (κ1) is 14.5. The second-order valence-corrected chi connectivity index (χ2v) is 5.13. The van der Waals surface area contributed by atoms with Crippen molar-refractivity contribution < 1.29 is 14.5 Å². The number of amides is 3. The number of quaternary nitrogens is 1. The van der Waals surface area contributed by atoms with Gasteiger partial charge in [0.2, 0.25) is 0 Å². The summed E-state index contributed by atoms with van der Waals surface area (Å²) in [4.78, 5) is 25.0. The number of hydrogen-bond acceptors (Lipinski definition) is 2. The highest BCUT2D eigenvalue weighted by Crippen LogP contribution is 2.11. The van der Waals surface area contributed by atoms with Crippen LogP contribution in [0.4, 0.5) is 4.79 Å². The fourth-order valence-electron chi connectivity index (χ4n) is 2.76. The number of piperidine rings is 1. The van der Waals surface area contributed by atoms with E-state index < -0.39 is 6.03 Å².